The van der Waals surface area contributed by atoms with Crippen LogP contribution in [0.15, 0.2) is 24.3 Å². The first-order valence-electron chi connectivity index (χ1n) is 5.75. The fraction of sp³-hybridized carbons (Fsp3) is 0.333. The smallest absolute Gasteiger partial charge is 0.306 e. The van der Waals surface area contributed by atoms with Gasteiger partial charge < -0.3 is 15.8 Å². The molecule has 20 heavy (non-hydrogen) atoms. The van der Waals surface area contributed by atoms with Gasteiger partial charge >= 0.3 is 5.97 Å². The normalized spacial score (nSPS) is 10.8. The maximum absolute atomic E-state index is 11.6. The van der Waals surface area contributed by atoms with E-state index in [9.17, 15) is 18.0 Å². The molecule has 0 spiro atoms. The molecular formula is C12H16N2O5S. The van der Waals surface area contributed by atoms with Crippen molar-refractivity contribution < 1.29 is 22.7 Å². The van der Waals surface area contributed by atoms with E-state index in [2.05, 4.69) is 10.1 Å². The molecule has 0 unspecified atom stereocenters. The van der Waals surface area contributed by atoms with Crippen LogP contribution < -0.4 is 11.1 Å². The Balaban J connectivity index is 2.55. The van der Waals surface area contributed by atoms with Crippen LogP contribution in [-0.4, -0.2) is 38.9 Å². The van der Waals surface area contributed by atoms with Crippen molar-refractivity contribution >= 4 is 33.1 Å². The highest BCUT2D eigenvalue weighted by molar-refractivity contribution is 7.92. The average Bonchev–Trinajstić information content (AvgIpc) is 2.35. The average molecular weight is 300 g/mol. The molecule has 0 saturated carbocycles. The van der Waals surface area contributed by atoms with E-state index in [1.807, 2.05) is 0 Å². The molecule has 7 nitrogen and oxygen atoms in total. The van der Waals surface area contributed by atoms with Crippen LogP contribution in [0.5, 0.6) is 0 Å². The van der Waals surface area contributed by atoms with Crippen LogP contribution in [0.1, 0.15) is 6.42 Å². The highest BCUT2D eigenvalue weighted by Crippen LogP contribution is 2.11. The first-order chi connectivity index (χ1) is 9.32. The lowest BCUT2D eigenvalue weighted by molar-refractivity contribution is -0.140. The van der Waals surface area contributed by atoms with Crippen molar-refractivity contribution in [3.8, 4) is 0 Å². The van der Waals surface area contributed by atoms with Gasteiger partial charge in [-0.2, -0.15) is 0 Å². The van der Waals surface area contributed by atoms with E-state index in [1.165, 1.54) is 13.2 Å². The van der Waals surface area contributed by atoms with Crippen LogP contribution in [-0.2, 0) is 24.2 Å². The van der Waals surface area contributed by atoms with E-state index in [-0.39, 0.29) is 6.42 Å². The second kappa shape index (κ2) is 6.90. The maximum Gasteiger partial charge on any atom is 0.306 e. The lowest BCUT2D eigenvalue weighted by atomic mass is 10.3. The maximum atomic E-state index is 11.6. The van der Waals surface area contributed by atoms with Gasteiger partial charge in [-0.25, -0.2) is 8.42 Å². The first-order valence-corrected chi connectivity index (χ1v) is 7.57. The van der Waals surface area contributed by atoms with Crippen molar-refractivity contribution in [2.24, 2.45) is 0 Å². The van der Waals surface area contributed by atoms with E-state index in [1.54, 1.807) is 18.2 Å². The SMILES string of the molecule is COC(=O)CCS(=O)(=O)CC(=O)Nc1cccc(N)c1. The van der Waals surface area contributed by atoms with Crippen molar-refractivity contribution in [3.05, 3.63) is 24.3 Å². The molecule has 1 aromatic carbocycles. The van der Waals surface area contributed by atoms with Gasteiger partial charge in [0.25, 0.3) is 0 Å². The first kappa shape index (κ1) is 16.0. The summed E-state index contributed by atoms with van der Waals surface area (Å²) in [5, 5.41) is 2.43. The number of carbonyl (C=O) groups excluding carboxylic acids is 2. The van der Waals surface area contributed by atoms with Crippen molar-refractivity contribution in [2.45, 2.75) is 6.42 Å². The third-order valence-corrected chi connectivity index (χ3v) is 3.89. The highest BCUT2D eigenvalue weighted by Gasteiger charge is 2.18. The number of ether oxygens (including phenoxy) is 1. The summed E-state index contributed by atoms with van der Waals surface area (Å²) in [7, 11) is -2.49. The predicted molar refractivity (Wildman–Crippen MR) is 74.8 cm³/mol. The van der Waals surface area contributed by atoms with Gasteiger partial charge in [0.2, 0.25) is 5.91 Å². The van der Waals surface area contributed by atoms with E-state index in [0.717, 1.165) is 0 Å². The van der Waals surface area contributed by atoms with E-state index < -0.39 is 33.2 Å². The Bertz CT molecular complexity index is 598. The highest BCUT2D eigenvalue weighted by atomic mass is 32.2. The summed E-state index contributed by atoms with van der Waals surface area (Å²) in [5.74, 6) is -2.44. The molecule has 0 aliphatic carbocycles. The zero-order valence-corrected chi connectivity index (χ0v) is 11.8. The fourth-order valence-corrected chi connectivity index (χ4v) is 2.52. The molecule has 0 bridgehead atoms. The minimum atomic E-state index is -3.66. The Labute approximate surface area is 117 Å². The lowest BCUT2D eigenvalue weighted by Crippen LogP contribution is -2.25. The molecule has 1 amide bonds. The monoisotopic (exact) mass is 300 g/mol. The molecule has 0 saturated heterocycles. The molecule has 0 heterocycles. The van der Waals surface area contributed by atoms with Crippen molar-refractivity contribution in [1.29, 1.82) is 0 Å². The van der Waals surface area contributed by atoms with E-state index >= 15 is 0 Å². The summed E-state index contributed by atoms with van der Waals surface area (Å²) < 4.78 is 27.6. The number of nitrogens with one attached hydrogen (secondary N) is 1. The summed E-state index contributed by atoms with van der Waals surface area (Å²) in [6.45, 7) is 0. The Morgan fingerprint density at radius 1 is 1.35 bits per heavy atom. The Hall–Kier alpha value is -2.09. The van der Waals surface area contributed by atoms with Crippen LogP contribution in [0.25, 0.3) is 0 Å². The summed E-state index contributed by atoms with van der Waals surface area (Å²) in [6, 6.07) is 6.38. The van der Waals surface area contributed by atoms with Gasteiger partial charge in [0.05, 0.1) is 19.3 Å². The van der Waals surface area contributed by atoms with Gasteiger partial charge in [-0.15, -0.1) is 0 Å². The van der Waals surface area contributed by atoms with Crippen molar-refractivity contribution in [3.63, 3.8) is 0 Å². The second-order valence-electron chi connectivity index (χ2n) is 4.09. The Morgan fingerprint density at radius 3 is 2.65 bits per heavy atom. The summed E-state index contributed by atoms with van der Waals surface area (Å²) in [4.78, 5) is 22.5. The number of hydrogen-bond donors (Lipinski definition) is 2. The van der Waals surface area contributed by atoms with Crippen molar-refractivity contribution in [1.82, 2.24) is 0 Å². The number of carbonyl (C=O) groups is 2. The number of anilines is 2. The predicted octanol–water partition coefficient (Wildman–Crippen LogP) is 0.185. The standard InChI is InChI=1S/C12H16N2O5S/c1-19-12(16)5-6-20(17,18)8-11(15)14-10-4-2-3-9(13)7-10/h2-4,7H,5-6,8,13H2,1H3,(H,14,15). The second-order valence-corrected chi connectivity index (χ2v) is 6.28. The summed E-state index contributed by atoms with van der Waals surface area (Å²) >= 11 is 0. The summed E-state index contributed by atoms with van der Waals surface area (Å²) in [5.41, 5.74) is 6.41. The largest absolute Gasteiger partial charge is 0.469 e. The van der Waals surface area contributed by atoms with Gasteiger partial charge in [0.15, 0.2) is 9.84 Å². The molecule has 0 radical (unpaired) electrons. The Kier molecular flexibility index (Phi) is 5.51. The molecular weight excluding hydrogens is 284 g/mol. The molecule has 1 aromatic rings. The molecule has 0 aromatic heterocycles. The molecule has 0 aliphatic heterocycles. The van der Waals surface area contributed by atoms with Crippen molar-refractivity contribution in [2.75, 3.05) is 29.7 Å². The topological polar surface area (TPSA) is 116 Å². The minimum absolute atomic E-state index is 0.273. The summed E-state index contributed by atoms with van der Waals surface area (Å²) in [6.07, 6.45) is -0.273. The molecule has 3 N–H and O–H groups in total. The number of rotatable bonds is 6. The number of nitrogens with two attached hydrogens (primary N) is 1. The molecule has 1 rings (SSSR count). The number of methoxy groups -OCH3 is 1. The Morgan fingerprint density at radius 2 is 2.05 bits per heavy atom. The number of nitrogen functional groups attached to an aromatic ring is 1. The van der Waals surface area contributed by atoms with Gasteiger partial charge in [0.1, 0.15) is 5.75 Å². The third kappa shape index (κ3) is 5.70. The van der Waals surface area contributed by atoms with Gasteiger partial charge in [-0.3, -0.25) is 9.59 Å². The zero-order valence-electron chi connectivity index (χ0n) is 11.0. The molecule has 0 fully saturated rings. The number of esters is 1. The van der Waals surface area contributed by atoms with Crippen LogP contribution in [0.3, 0.4) is 0 Å². The third-order valence-electron chi connectivity index (χ3n) is 2.37. The molecule has 8 heteroatoms. The lowest BCUT2D eigenvalue weighted by Gasteiger charge is -2.06. The number of amides is 1. The van der Waals surface area contributed by atoms with Gasteiger partial charge in [0, 0.05) is 11.4 Å². The number of hydrogen-bond acceptors (Lipinski definition) is 6. The molecule has 0 aliphatic rings. The molecule has 110 valence electrons. The fourth-order valence-electron chi connectivity index (χ4n) is 1.43. The van der Waals surface area contributed by atoms with Gasteiger partial charge in [-0.1, -0.05) is 6.07 Å². The quantitative estimate of drug-likeness (QED) is 0.572. The van der Waals surface area contributed by atoms with E-state index in [4.69, 9.17) is 5.73 Å². The van der Waals surface area contributed by atoms with E-state index in [0.29, 0.717) is 11.4 Å². The van der Waals surface area contributed by atoms with Crippen LogP contribution in [0.2, 0.25) is 0 Å². The van der Waals surface area contributed by atoms with Crippen LogP contribution >= 0.6 is 0 Å². The minimum Gasteiger partial charge on any atom is -0.469 e. The number of sulfone groups is 1. The van der Waals surface area contributed by atoms with Crippen LogP contribution in [0.4, 0.5) is 11.4 Å². The van der Waals surface area contributed by atoms with Gasteiger partial charge in [-0.05, 0) is 18.2 Å². The van der Waals surface area contributed by atoms with Crippen LogP contribution in [0, 0.1) is 0 Å². The zero-order chi connectivity index (χ0) is 15.2. The number of benzene rings is 1. The molecule has 0 atom stereocenters.